The van der Waals surface area contributed by atoms with E-state index in [1.165, 1.54) is 11.8 Å². The van der Waals surface area contributed by atoms with Gasteiger partial charge in [0.15, 0.2) is 5.16 Å². The molecule has 1 atom stereocenters. The van der Waals surface area contributed by atoms with Crippen LogP contribution in [0.25, 0.3) is 10.9 Å². The molecule has 0 spiro atoms. The Morgan fingerprint density at radius 2 is 1.96 bits per heavy atom. The molecule has 1 unspecified atom stereocenters. The summed E-state index contributed by atoms with van der Waals surface area (Å²) in [4.78, 5) is 21.4. The quantitative estimate of drug-likeness (QED) is 0.648. The maximum atomic E-state index is 12.2. The zero-order valence-corrected chi connectivity index (χ0v) is 15.1. The van der Waals surface area contributed by atoms with Crippen LogP contribution in [0.4, 0.5) is 5.82 Å². The second-order valence-electron chi connectivity index (χ2n) is 6.40. The van der Waals surface area contributed by atoms with Crippen LogP contribution in [0.2, 0.25) is 0 Å². The van der Waals surface area contributed by atoms with Crippen LogP contribution in [-0.4, -0.2) is 33.2 Å². The molecular formula is C17H24N4OS. The molecule has 2 aromatic rings. The van der Waals surface area contributed by atoms with E-state index in [4.69, 9.17) is 0 Å². The summed E-state index contributed by atoms with van der Waals surface area (Å²) in [5.74, 6) is 0.799. The van der Waals surface area contributed by atoms with Gasteiger partial charge >= 0.3 is 0 Å². The van der Waals surface area contributed by atoms with E-state index >= 15 is 0 Å². The second kappa shape index (κ2) is 7.17. The number of hydrogen-bond donors (Lipinski definition) is 2. The minimum atomic E-state index is -0.259. The molecular weight excluding hydrogens is 308 g/mol. The molecule has 1 aromatic heterocycles. The van der Waals surface area contributed by atoms with Gasteiger partial charge in [-0.25, -0.2) is 9.97 Å². The van der Waals surface area contributed by atoms with Crippen LogP contribution in [0.3, 0.4) is 0 Å². The molecule has 1 aromatic carbocycles. The van der Waals surface area contributed by atoms with Crippen molar-refractivity contribution in [1.29, 1.82) is 0 Å². The molecule has 23 heavy (non-hydrogen) atoms. The lowest BCUT2D eigenvalue weighted by Crippen LogP contribution is -2.44. The highest BCUT2D eigenvalue weighted by atomic mass is 32.2. The van der Waals surface area contributed by atoms with Crippen molar-refractivity contribution in [2.24, 2.45) is 0 Å². The number of nitrogens with one attached hydrogen (secondary N) is 2. The van der Waals surface area contributed by atoms with Crippen LogP contribution >= 0.6 is 11.8 Å². The van der Waals surface area contributed by atoms with Crippen LogP contribution in [0.5, 0.6) is 0 Å². The number of aromatic nitrogens is 2. The zero-order chi connectivity index (χ0) is 17.0. The number of anilines is 1. The van der Waals surface area contributed by atoms with Crippen molar-refractivity contribution in [2.45, 2.75) is 50.6 Å². The van der Waals surface area contributed by atoms with E-state index in [1.54, 1.807) is 0 Å². The topological polar surface area (TPSA) is 66.9 Å². The van der Waals surface area contributed by atoms with Crippen LogP contribution in [0.15, 0.2) is 29.4 Å². The maximum Gasteiger partial charge on any atom is 0.233 e. The van der Waals surface area contributed by atoms with E-state index in [1.807, 2.05) is 58.9 Å². The normalized spacial score (nSPS) is 12.9. The molecule has 0 saturated heterocycles. The first kappa shape index (κ1) is 17.5. The Kier molecular flexibility index (Phi) is 5.46. The van der Waals surface area contributed by atoms with E-state index in [9.17, 15) is 4.79 Å². The van der Waals surface area contributed by atoms with E-state index < -0.39 is 0 Å². The summed E-state index contributed by atoms with van der Waals surface area (Å²) >= 11 is 1.37. The molecule has 1 amide bonds. The highest BCUT2D eigenvalue weighted by Crippen LogP contribution is 2.26. The Labute approximate surface area is 141 Å². The van der Waals surface area contributed by atoms with Crippen LogP contribution in [0.1, 0.15) is 34.6 Å². The molecule has 0 aliphatic carbocycles. The molecule has 0 aliphatic heterocycles. The summed E-state index contributed by atoms with van der Waals surface area (Å²) in [7, 11) is 0. The summed E-state index contributed by atoms with van der Waals surface area (Å²) in [6.45, 7) is 10.6. The Morgan fingerprint density at radius 3 is 2.61 bits per heavy atom. The van der Waals surface area contributed by atoms with E-state index in [0.717, 1.165) is 23.3 Å². The zero-order valence-electron chi connectivity index (χ0n) is 14.3. The minimum absolute atomic E-state index is 0.00995. The molecule has 0 bridgehead atoms. The number of thioether (sulfide) groups is 1. The summed E-state index contributed by atoms with van der Waals surface area (Å²) < 4.78 is 0. The summed E-state index contributed by atoms with van der Waals surface area (Å²) in [5.41, 5.74) is 0.634. The Hall–Kier alpha value is -1.82. The summed E-state index contributed by atoms with van der Waals surface area (Å²) in [6.07, 6.45) is 0. The number of benzene rings is 1. The highest BCUT2D eigenvalue weighted by Gasteiger charge is 2.21. The predicted octanol–water partition coefficient (Wildman–Crippen LogP) is 3.46. The first-order valence-electron chi connectivity index (χ1n) is 7.79. The standard InChI is InChI=1S/C17H24N4OS/c1-6-18-14-12-9-7-8-10-13(12)19-16(20-14)23-11(2)15(22)21-17(3,4)5/h7-11H,6H2,1-5H3,(H,21,22)(H,18,19,20). The predicted molar refractivity (Wildman–Crippen MR) is 96.9 cm³/mol. The fraction of sp³-hybridized carbons (Fsp3) is 0.471. The molecule has 1 heterocycles. The third-order valence-corrected chi connectivity index (χ3v) is 4.04. The van der Waals surface area contributed by atoms with Crippen molar-refractivity contribution in [3.8, 4) is 0 Å². The maximum absolute atomic E-state index is 12.2. The fourth-order valence-corrected chi connectivity index (χ4v) is 2.87. The molecule has 0 saturated carbocycles. The van der Waals surface area contributed by atoms with Gasteiger partial charge in [-0.2, -0.15) is 0 Å². The highest BCUT2D eigenvalue weighted by molar-refractivity contribution is 8.00. The van der Waals surface area contributed by atoms with E-state index in [0.29, 0.717) is 5.16 Å². The number of fused-ring (bicyclic) bond motifs is 1. The number of nitrogens with zero attached hydrogens (tertiary/aromatic N) is 2. The fourth-order valence-electron chi connectivity index (χ4n) is 2.09. The second-order valence-corrected chi connectivity index (χ2v) is 7.71. The van der Waals surface area contributed by atoms with Gasteiger partial charge in [-0.3, -0.25) is 4.79 Å². The Bertz CT molecular complexity index is 697. The average molecular weight is 332 g/mol. The molecule has 2 rings (SSSR count). The monoisotopic (exact) mass is 332 g/mol. The van der Waals surface area contributed by atoms with Crippen molar-refractivity contribution in [1.82, 2.24) is 15.3 Å². The minimum Gasteiger partial charge on any atom is -0.370 e. The summed E-state index contributed by atoms with van der Waals surface area (Å²) in [6, 6.07) is 7.88. The number of rotatable bonds is 5. The number of hydrogen-bond acceptors (Lipinski definition) is 5. The number of carbonyl (C=O) groups is 1. The van der Waals surface area contributed by atoms with Crippen LogP contribution in [-0.2, 0) is 4.79 Å². The molecule has 0 aliphatic rings. The van der Waals surface area contributed by atoms with Gasteiger partial charge in [0, 0.05) is 17.5 Å². The van der Waals surface area contributed by atoms with Gasteiger partial charge in [-0.1, -0.05) is 23.9 Å². The number of amides is 1. The summed E-state index contributed by atoms with van der Waals surface area (Å²) in [5, 5.41) is 7.59. The molecule has 6 heteroatoms. The lowest BCUT2D eigenvalue weighted by atomic mass is 10.1. The molecule has 0 radical (unpaired) electrons. The van der Waals surface area contributed by atoms with E-state index in [-0.39, 0.29) is 16.7 Å². The van der Waals surface area contributed by atoms with Crippen molar-refractivity contribution in [2.75, 3.05) is 11.9 Å². The number of carbonyl (C=O) groups excluding carboxylic acids is 1. The SMILES string of the molecule is CCNc1nc(SC(C)C(=O)NC(C)(C)C)nc2ccccc12. The van der Waals surface area contributed by atoms with Crippen molar-refractivity contribution in [3.05, 3.63) is 24.3 Å². The van der Waals surface area contributed by atoms with Crippen LogP contribution < -0.4 is 10.6 Å². The van der Waals surface area contributed by atoms with Gasteiger partial charge in [-0.15, -0.1) is 0 Å². The molecule has 0 fully saturated rings. The number of para-hydroxylation sites is 1. The van der Waals surface area contributed by atoms with Gasteiger partial charge in [0.25, 0.3) is 0 Å². The average Bonchev–Trinajstić information content (AvgIpc) is 2.45. The Balaban J connectivity index is 2.24. The largest absolute Gasteiger partial charge is 0.370 e. The van der Waals surface area contributed by atoms with Crippen LogP contribution in [0, 0.1) is 0 Å². The molecule has 124 valence electrons. The first-order chi connectivity index (χ1) is 10.8. The first-order valence-corrected chi connectivity index (χ1v) is 8.67. The van der Waals surface area contributed by atoms with Gasteiger partial charge in [0.05, 0.1) is 10.8 Å². The lowest BCUT2D eigenvalue weighted by Gasteiger charge is -2.22. The molecule has 2 N–H and O–H groups in total. The Morgan fingerprint density at radius 1 is 1.26 bits per heavy atom. The van der Waals surface area contributed by atoms with Crippen molar-refractivity contribution in [3.63, 3.8) is 0 Å². The van der Waals surface area contributed by atoms with E-state index in [2.05, 4.69) is 20.6 Å². The van der Waals surface area contributed by atoms with Gasteiger partial charge in [-0.05, 0) is 46.8 Å². The molecule has 5 nitrogen and oxygen atoms in total. The van der Waals surface area contributed by atoms with Crippen molar-refractivity contribution < 1.29 is 4.79 Å². The lowest BCUT2D eigenvalue weighted by molar-refractivity contribution is -0.121. The smallest absolute Gasteiger partial charge is 0.233 e. The van der Waals surface area contributed by atoms with Gasteiger partial charge < -0.3 is 10.6 Å². The van der Waals surface area contributed by atoms with Gasteiger partial charge in [0.1, 0.15) is 5.82 Å². The third kappa shape index (κ3) is 4.82. The third-order valence-electron chi connectivity index (χ3n) is 3.08. The van der Waals surface area contributed by atoms with Crippen molar-refractivity contribution >= 4 is 34.4 Å². The van der Waals surface area contributed by atoms with Gasteiger partial charge in [0.2, 0.25) is 5.91 Å².